The fourth-order valence-electron chi connectivity index (χ4n) is 1.43. The van der Waals surface area contributed by atoms with Gasteiger partial charge < -0.3 is 20.1 Å². The number of hydrogen-bond acceptors (Lipinski definition) is 4. The van der Waals surface area contributed by atoms with Gasteiger partial charge in [0.1, 0.15) is 12.4 Å². The number of ether oxygens (including phenoxy) is 1. The number of fused-ring (bicyclic) bond motifs is 1. The molecule has 0 spiro atoms. The summed E-state index contributed by atoms with van der Waals surface area (Å²) in [6, 6.07) is 4.47. The molecule has 0 atom stereocenters. The summed E-state index contributed by atoms with van der Waals surface area (Å²) in [4.78, 5) is 11.5. The smallest absolute Gasteiger partial charge is 0.488 e. The van der Waals surface area contributed by atoms with Crippen LogP contribution in [-0.2, 0) is 0 Å². The number of nitrogens with one attached hydrogen (secondary N) is 1. The molecule has 2 rings (SSSR count). The van der Waals surface area contributed by atoms with Gasteiger partial charge in [-0.3, -0.25) is 4.79 Å². The average molecular weight is 207 g/mol. The second-order valence-electron chi connectivity index (χ2n) is 3.23. The van der Waals surface area contributed by atoms with E-state index in [1.54, 1.807) is 0 Å². The molecule has 6 heteroatoms. The van der Waals surface area contributed by atoms with Gasteiger partial charge in [0.25, 0.3) is 5.91 Å². The summed E-state index contributed by atoms with van der Waals surface area (Å²) < 4.78 is 5.30. The first-order chi connectivity index (χ1) is 7.18. The summed E-state index contributed by atoms with van der Waals surface area (Å²) in [5.41, 5.74) is 0.723. The van der Waals surface area contributed by atoms with E-state index in [0.29, 0.717) is 29.9 Å². The van der Waals surface area contributed by atoms with Crippen molar-refractivity contribution in [2.45, 2.75) is 0 Å². The zero-order valence-corrected chi connectivity index (χ0v) is 7.93. The average Bonchev–Trinajstić information content (AvgIpc) is 2.40. The summed E-state index contributed by atoms with van der Waals surface area (Å²) in [7, 11) is -1.55. The van der Waals surface area contributed by atoms with Crippen molar-refractivity contribution >= 4 is 18.5 Å². The topological polar surface area (TPSA) is 78.8 Å². The van der Waals surface area contributed by atoms with Crippen LogP contribution in [-0.4, -0.2) is 36.2 Å². The van der Waals surface area contributed by atoms with Crippen molar-refractivity contribution in [1.82, 2.24) is 5.32 Å². The summed E-state index contributed by atoms with van der Waals surface area (Å²) in [5.74, 6) is 0.178. The SMILES string of the molecule is O=C1NCCOc2cc(B(O)O)ccc21. The molecular weight excluding hydrogens is 197 g/mol. The van der Waals surface area contributed by atoms with Crippen molar-refractivity contribution < 1.29 is 19.6 Å². The summed E-state index contributed by atoms with van der Waals surface area (Å²) in [5, 5.41) is 20.6. The largest absolute Gasteiger partial charge is 0.491 e. The third-order valence-corrected chi connectivity index (χ3v) is 2.19. The molecule has 0 aromatic heterocycles. The zero-order chi connectivity index (χ0) is 10.8. The molecule has 0 bridgehead atoms. The first-order valence-corrected chi connectivity index (χ1v) is 4.59. The van der Waals surface area contributed by atoms with Crippen molar-refractivity contribution in [3.05, 3.63) is 23.8 Å². The van der Waals surface area contributed by atoms with Crippen LogP contribution in [0.25, 0.3) is 0 Å². The highest BCUT2D eigenvalue weighted by Crippen LogP contribution is 2.18. The number of carbonyl (C=O) groups excluding carboxylic acids is 1. The van der Waals surface area contributed by atoms with Gasteiger partial charge >= 0.3 is 7.12 Å². The van der Waals surface area contributed by atoms with Crippen LogP contribution >= 0.6 is 0 Å². The van der Waals surface area contributed by atoms with E-state index in [0.717, 1.165) is 0 Å². The van der Waals surface area contributed by atoms with Gasteiger partial charge in [0.2, 0.25) is 0 Å². The summed E-state index contributed by atoms with van der Waals surface area (Å²) in [6.07, 6.45) is 0. The Morgan fingerprint density at radius 3 is 2.93 bits per heavy atom. The Labute approximate surface area is 86.8 Å². The molecule has 0 saturated heterocycles. The van der Waals surface area contributed by atoms with E-state index in [1.165, 1.54) is 18.2 Å². The van der Waals surface area contributed by atoms with Gasteiger partial charge in [-0.15, -0.1) is 0 Å². The monoisotopic (exact) mass is 207 g/mol. The normalized spacial score (nSPS) is 14.7. The molecule has 0 saturated carbocycles. The molecule has 5 nitrogen and oxygen atoms in total. The number of rotatable bonds is 1. The number of hydrogen-bond donors (Lipinski definition) is 3. The molecule has 1 aromatic carbocycles. The zero-order valence-electron chi connectivity index (χ0n) is 7.93. The minimum atomic E-state index is -1.55. The van der Waals surface area contributed by atoms with Gasteiger partial charge in [-0.25, -0.2) is 0 Å². The molecule has 78 valence electrons. The predicted octanol–water partition coefficient (Wildman–Crippen LogP) is -1.51. The molecule has 3 N–H and O–H groups in total. The highest BCUT2D eigenvalue weighted by molar-refractivity contribution is 6.58. The molecule has 15 heavy (non-hydrogen) atoms. The molecule has 1 aliphatic rings. The van der Waals surface area contributed by atoms with Crippen LogP contribution in [0.15, 0.2) is 18.2 Å². The lowest BCUT2D eigenvalue weighted by molar-refractivity contribution is 0.0957. The lowest BCUT2D eigenvalue weighted by Crippen LogP contribution is -2.30. The van der Waals surface area contributed by atoms with Gasteiger partial charge in [-0.2, -0.15) is 0 Å². The van der Waals surface area contributed by atoms with E-state index in [4.69, 9.17) is 14.8 Å². The molecular formula is C9H10BNO4. The van der Waals surface area contributed by atoms with Crippen LogP contribution in [0.2, 0.25) is 0 Å². The third-order valence-electron chi connectivity index (χ3n) is 2.19. The quantitative estimate of drug-likeness (QED) is 0.489. The Hall–Kier alpha value is -1.53. The lowest BCUT2D eigenvalue weighted by Gasteiger charge is -2.07. The van der Waals surface area contributed by atoms with Gasteiger partial charge in [0, 0.05) is 0 Å². The molecule has 1 aromatic rings. The van der Waals surface area contributed by atoms with E-state index >= 15 is 0 Å². The highest BCUT2D eigenvalue weighted by Gasteiger charge is 2.19. The minimum Gasteiger partial charge on any atom is -0.491 e. The molecule has 1 amide bonds. The van der Waals surface area contributed by atoms with Gasteiger partial charge in [-0.1, -0.05) is 6.07 Å². The molecule has 0 radical (unpaired) electrons. The maximum atomic E-state index is 11.5. The van der Waals surface area contributed by atoms with Crippen LogP contribution in [0.4, 0.5) is 0 Å². The summed E-state index contributed by atoms with van der Waals surface area (Å²) >= 11 is 0. The molecule has 0 fully saturated rings. The van der Waals surface area contributed by atoms with Crippen molar-refractivity contribution in [3.63, 3.8) is 0 Å². The van der Waals surface area contributed by atoms with Crippen molar-refractivity contribution in [1.29, 1.82) is 0 Å². The van der Waals surface area contributed by atoms with Crippen LogP contribution < -0.4 is 15.5 Å². The van der Waals surface area contributed by atoms with E-state index < -0.39 is 7.12 Å². The van der Waals surface area contributed by atoms with Crippen LogP contribution in [0.5, 0.6) is 5.75 Å². The van der Waals surface area contributed by atoms with Crippen LogP contribution in [0, 0.1) is 0 Å². The van der Waals surface area contributed by atoms with Crippen LogP contribution in [0.3, 0.4) is 0 Å². The van der Waals surface area contributed by atoms with Crippen molar-refractivity contribution in [3.8, 4) is 5.75 Å². The number of carbonyl (C=O) groups is 1. The lowest BCUT2D eigenvalue weighted by atomic mass is 9.80. The van der Waals surface area contributed by atoms with Gasteiger partial charge in [-0.05, 0) is 17.6 Å². The van der Waals surface area contributed by atoms with Crippen molar-refractivity contribution in [2.24, 2.45) is 0 Å². The first-order valence-electron chi connectivity index (χ1n) is 4.59. The molecule has 0 unspecified atom stereocenters. The fraction of sp³-hybridized carbons (Fsp3) is 0.222. The van der Waals surface area contributed by atoms with Crippen molar-refractivity contribution in [2.75, 3.05) is 13.2 Å². The fourth-order valence-corrected chi connectivity index (χ4v) is 1.43. The number of amides is 1. The highest BCUT2D eigenvalue weighted by atomic mass is 16.5. The maximum absolute atomic E-state index is 11.5. The Balaban J connectivity index is 2.42. The van der Waals surface area contributed by atoms with E-state index in [-0.39, 0.29) is 5.91 Å². The molecule has 1 heterocycles. The van der Waals surface area contributed by atoms with E-state index in [9.17, 15) is 4.79 Å². The van der Waals surface area contributed by atoms with Gasteiger partial charge in [0.05, 0.1) is 12.1 Å². The van der Waals surface area contributed by atoms with Crippen LogP contribution in [0.1, 0.15) is 10.4 Å². The Bertz CT molecular complexity index is 394. The second-order valence-corrected chi connectivity index (χ2v) is 3.23. The third kappa shape index (κ3) is 1.95. The summed E-state index contributed by atoms with van der Waals surface area (Å²) in [6.45, 7) is 0.828. The first kappa shape index (κ1) is 10.0. The minimum absolute atomic E-state index is 0.207. The Kier molecular flexibility index (Phi) is 2.61. The Morgan fingerprint density at radius 2 is 2.20 bits per heavy atom. The second kappa shape index (κ2) is 3.92. The molecule has 1 aliphatic heterocycles. The predicted molar refractivity (Wildman–Crippen MR) is 54.1 cm³/mol. The standard InChI is InChI=1S/C9H10BNO4/c12-9-7-2-1-6(10(13)14)5-8(7)15-4-3-11-9/h1-2,5,13-14H,3-4H2,(H,11,12). The van der Waals surface area contributed by atoms with Gasteiger partial charge in [0.15, 0.2) is 0 Å². The van der Waals surface area contributed by atoms with E-state index in [2.05, 4.69) is 5.32 Å². The number of benzene rings is 1. The van der Waals surface area contributed by atoms with E-state index in [1.807, 2.05) is 0 Å². The molecule has 0 aliphatic carbocycles. The maximum Gasteiger partial charge on any atom is 0.488 e. The Morgan fingerprint density at radius 1 is 1.40 bits per heavy atom.